The Hall–Kier alpha value is -5.47. The molecule has 0 aliphatic heterocycles. The number of hydrogen-bond acceptors (Lipinski definition) is 2. The molecule has 9 rings (SSSR count). The molecule has 0 atom stereocenters. The average molecular weight is 522 g/mol. The van der Waals surface area contributed by atoms with Gasteiger partial charge in [0.25, 0.3) is 0 Å². The van der Waals surface area contributed by atoms with Crippen molar-refractivity contribution in [1.82, 2.24) is 4.98 Å². The second-order valence-corrected chi connectivity index (χ2v) is 10.7. The van der Waals surface area contributed by atoms with Crippen LogP contribution in [0.1, 0.15) is 0 Å². The third-order valence-electron chi connectivity index (χ3n) is 8.50. The van der Waals surface area contributed by atoms with Crippen LogP contribution in [0, 0.1) is 0 Å². The molecule has 0 saturated heterocycles. The molecule has 0 bridgehead atoms. The predicted octanol–water partition coefficient (Wildman–Crippen LogP) is 10.8. The lowest BCUT2D eigenvalue weighted by molar-refractivity contribution is 0.670. The molecule has 0 spiro atoms. The number of nitrogens with zero attached hydrogens (tertiary/aromatic N) is 1. The van der Waals surface area contributed by atoms with Crippen LogP contribution in [0.2, 0.25) is 0 Å². The van der Waals surface area contributed by atoms with E-state index in [-0.39, 0.29) is 0 Å². The van der Waals surface area contributed by atoms with E-state index in [4.69, 9.17) is 9.40 Å². The van der Waals surface area contributed by atoms with E-state index in [1.807, 2.05) is 24.4 Å². The lowest BCUT2D eigenvalue weighted by Crippen LogP contribution is -1.99. The summed E-state index contributed by atoms with van der Waals surface area (Å²) < 4.78 is 6.43. The van der Waals surface area contributed by atoms with Crippen LogP contribution < -0.4 is 0 Å². The summed E-state index contributed by atoms with van der Waals surface area (Å²) in [5.41, 5.74) is 14.8. The van der Waals surface area contributed by atoms with E-state index >= 15 is 0 Å². The van der Waals surface area contributed by atoms with E-state index < -0.39 is 0 Å². The standard InChI is InChI=1S/C39H23NO/c1-2-12-29-27(10-1)33-21-18-24-9-8-22-40-38(24)37(33)32-14-4-3-11-28(32)30-20-19-25(23-35(29)30)26-15-7-16-34-31-13-5-6-17-36(31)41-39(26)34/h1-23H. The number of hydrogen-bond donors (Lipinski definition) is 0. The van der Waals surface area contributed by atoms with Crippen molar-refractivity contribution in [2.24, 2.45) is 0 Å². The molecule has 0 N–H and O–H groups in total. The fourth-order valence-corrected chi connectivity index (χ4v) is 6.68. The van der Waals surface area contributed by atoms with Gasteiger partial charge in [0.1, 0.15) is 11.2 Å². The van der Waals surface area contributed by atoms with Gasteiger partial charge in [-0.05, 0) is 62.7 Å². The van der Waals surface area contributed by atoms with Gasteiger partial charge in [0, 0.05) is 33.5 Å². The Morgan fingerprint density at radius 1 is 0.439 bits per heavy atom. The third kappa shape index (κ3) is 3.22. The quantitative estimate of drug-likeness (QED) is 0.215. The van der Waals surface area contributed by atoms with Crippen molar-refractivity contribution in [3.8, 4) is 55.6 Å². The maximum atomic E-state index is 6.43. The van der Waals surface area contributed by atoms with E-state index in [1.54, 1.807) is 0 Å². The first-order valence-electron chi connectivity index (χ1n) is 14.0. The molecule has 1 aliphatic carbocycles. The molecule has 0 amide bonds. The lowest BCUT2D eigenvalue weighted by atomic mass is 9.79. The van der Waals surface area contributed by atoms with E-state index in [1.165, 1.54) is 44.5 Å². The molecule has 2 heteroatoms. The third-order valence-corrected chi connectivity index (χ3v) is 8.50. The van der Waals surface area contributed by atoms with Gasteiger partial charge in [0.2, 0.25) is 0 Å². The van der Waals surface area contributed by atoms with Crippen molar-refractivity contribution in [1.29, 1.82) is 0 Å². The van der Waals surface area contributed by atoms with Gasteiger partial charge < -0.3 is 4.42 Å². The summed E-state index contributed by atoms with van der Waals surface area (Å²) in [4.78, 5) is 4.88. The monoisotopic (exact) mass is 521 g/mol. The molecule has 2 aromatic heterocycles. The number of rotatable bonds is 1. The summed E-state index contributed by atoms with van der Waals surface area (Å²) >= 11 is 0. The molecular weight excluding hydrogens is 498 g/mol. The van der Waals surface area contributed by atoms with Crippen molar-refractivity contribution in [2.75, 3.05) is 0 Å². The first-order valence-corrected chi connectivity index (χ1v) is 14.0. The van der Waals surface area contributed by atoms with Crippen LogP contribution in [0.15, 0.2) is 144 Å². The fraction of sp³-hybridized carbons (Fsp3) is 0. The van der Waals surface area contributed by atoms with Crippen molar-refractivity contribution in [3.05, 3.63) is 140 Å². The van der Waals surface area contributed by atoms with Gasteiger partial charge >= 0.3 is 0 Å². The van der Waals surface area contributed by atoms with E-state index in [0.29, 0.717) is 0 Å². The van der Waals surface area contributed by atoms with Crippen molar-refractivity contribution < 1.29 is 4.42 Å². The highest BCUT2D eigenvalue weighted by Gasteiger charge is 2.24. The van der Waals surface area contributed by atoms with Crippen LogP contribution >= 0.6 is 0 Å². The van der Waals surface area contributed by atoms with Crippen LogP contribution in [0.5, 0.6) is 0 Å². The van der Waals surface area contributed by atoms with Crippen molar-refractivity contribution >= 4 is 32.8 Å². The molecule has 0 unspecified atom stereocenters. The second kappa shape index (κ2) is 8.51. The summed E-state index contributed by atoms with van der Waals surface area (Å²) in [7, 11) is 0. The Morgan fingerprint density at radius 2 is 1.10 bits per heavy atom. The van der Waals surface area contributed by atoms with Gasteiger partial charge in [-0.2, -0.15) is 0 Å². The minimum absolute atomic E-state index is 0.915. The molecule has 0 radical (unpaired) electrons. The second-order valence-electron chi connectivity index (χ2n) is 10.7. The maximum absolute atomic E-state index is 6.43. The SMILES string of the molecule is c1ccc2c(c1)-c1cc(-c3cccc4c3oc3ccccc34)ccc1-c1ccccc1-c1c-2ccc2cccnc12. The van der Waals surface area contributed by atoms with Gasteiger partial charge in [-0.15, -0.1) is 0 Å². The molecule has 2 nitrogen and oxygen atoms in total. The number of benzene rings is 6. The predicted molar refractivity (Wildman–Crippen MR) is 170 cm³/mol. The van der Waals surface area contributed by atoms with Gasteiger partial charge in [0.15, 0.2) is 0 Å². The summed E-state index contributed by atoms with van der Waals surface area (Å²) in [6.07, 6.45) is 1.90. The number of pyridine rings is 1. The minimum Gasteiger partial charge on any atom is -0.455 e. The molecule has 0 fully saturated rings. The largest absolute Gasteiger partial charge is 0.455 e. The van der Waals surface area contributed by atoms with Crippen LogP contribution in [-0.2, 0) is 0 Å². The molecule has 8 aromatic rings. The van der Waals surface area contributed by atoms with E-state index in [2.05, 4.69) is 115 Å². The Bertz CT molecular complexity index is 2320. The van der Waals surface area contributed by atoms with Gasteiger partial charge in [-0.3, -0.25) is 4.98 Å². The fourth-order valence-electron chi connectivity index (χ4n) is 6.68. The highest BCUT2D eigenvalue weighted by molar-refractivity contribution is 6.12. The molecule has 1 aliphatic rings. The zero-order chi connectivity index (χ0) is 26.9. The highest BCUT2D eigenvalue weighted by atomic mass is 16.3. The number of aromatic nitrogens is 1. The van der Waals surface area contributed by atoms with E-state index in [0.717, 1.165) is 44.0 Å². The normalized spacial score (nSPS) is 11.9. The topological polar surface area (TPSA) is 26.0 Å². The molecule has 41 heavy (non-hydrogen) atoms. The summed E-state index contributed by atoms with van der Waals surface area (Å²) in [6, 6.07) is 47.7. The maximum Gasteiger partial charge on any atom is 0.143 e. The number of fused-ring (bicyclic) bond motifs is 13. The van der Waals surface area contributed by atoms with Crippen LogP contribution in [0.3, 0.4) is 0 Å². The Morgan fingerprint density at radius 3 is 1.98 bits per heavy atom. The number of para-hydroxylation sites is 2. The van der Waals surface area contributed by atoms with Crippen LogP contribution in [0.4, 0.5) is 0 Å². The highest BCUT2D eigenvalue weighted by Crippen LogP contribution is 2.50. The smallest absolute Gasteiger partial charge is 0.143 e. The molecule has 6 aromatic carbocycles. The van der Waals surface area contributed by atoms with Crippen LogP contribution in [0.25, 0.3) is 88.5 Å². The zero-order valence-electron chi connectivity index (χ0n) is 22.1. The Kier molecular flexibility index (Phi) is 4.64. The first kappa shape index (κ1) is 22.4. The molecule has 0 saturated carbocycles. The van der Waals surface area contributed by atoms with Gasteiger partial charge in [-0.25, -0.2) is 0 Å². The number of furan rings is 1. The first-order chi connectivity index (χ1) is 20.3. The average Bonchev–Trinajstić information content (AvgIpc) is 3.42. The van der Waals surface area contributed by atoms with E-state index in [9.17, 15) is 0 Å². The summed E-state index contributed by atoms with van der Waals surface area (Å²) in [5, 5.41) is 3.44. The zero-order valence-corrected chi connectivity index (χ0v) is 22.1. The molecule has 190 valence electrons. The van der Waals surface area contributed by atoms with Gasteiger partial charge in [0.05, 0.1) is 5.52 Å². The van der Waals surface area contributed by atoms with Crippen molar-refractivity contribution in [2.45, 2.75) is 0 Å². The van der Waals surface area contributed by atoms with Crippen LogP contribution in [-0.4, -0.2) is 4.98 Å². The summed E-state index contributed by atoms with van der Waals surface area (Å²) in [5.74, 6) is 0. The van der Waals surface area contributed by atoms with Crippen molar-refractivity contribution in [3.63, 3.8) is 0 Å². The molecule has 2 heterocycles. The molecular formula is C39H23NO. The summed E-state index contributed by atoms with van der Waals surface area (Å²) in [6.45, 7) is 0. The lowest BCUT2D eigenvalue weighted by Gasteiger charge is -2.24. The van der Waals surface area contributed by atoms with Gasteiger partial charge in [-0.1, -0.05) is 115 Å². The Labute approximate surface area is 237 Å². The minimum atomic E-state index is 0.915. The Balaban J connectivity index is 1.37.